The van der Waals surface area contributed by atoms with Crippen molar-refractivity contribution in [2.75, 3.05) is 20.0 Å². The van der Waals surface area contributed by atoms with Crippen LogP contribution < -0.4 is 20.3 Å². The van der Waals surface area contributed by atoms with E-state index < -0.39 is 23.5 Å². The Bertz CT molecular complexity index is 946. The number of carbonyl (C=O) groups excluding carboxylic acids is 1. The maximum atomic E-state index is 12.7. The van der Waals surface area contributed by atoms with Crippen LogP contribution in [0.5, 0.6) is 11.5 Å². The van der Waals surface area contributed by atoms with Gasteiger partial charge in [-0.15, -0.1) is 0 Å². The van der Waals surface area contributed by atoms with Gasteiger partial charge in [-0.25, -0.2) is 4.98 Å². The highest BCUT2D eigenvalue weighted by Gasteiger charge is 2.22. The van der Waals surface area contributed by atoms with Crippen molar-refractivity contribution >= 4 is 23.6 Å². The number of amides is 1. The number of hydrogen-bond acceptors (Lipinski definition) is 7. The molecule has 0 saturated heterocycles. The molecule has 0 aliphatic heterocycles. The molecule has 3 N–H and O–H groups in total. The number of rotatable bonds is 11. The number of aliphatic carboxylic acids is 1. The number of carboxylic acids is 1. The van der Waals surface area contributed by atoms with E-state index in [4.69, 9.17) is 9.47 Å². The third-order valence-electron chi connectivity index (χ3n) is 4.04. The van der Waals surface area contributed by atoms with Crippen LogP contribution in [-0.2, 0) is 10.5 Å². The number of ether oxygens (including phenoxy) is 2. The molecule has 2 rings (SSSR count). The van der Waals surface area contributed by atoms with Crippen LogP contribution in [0.1, 0.15) is 47.7 Å². The van der Waals surface area contributed by atoms with Crippen molar-refractivity contribution in [3.05, 3.63) is 51.7 Å². The third kappa shape index (κ3) is 6.51. The standard InChI is InChI=1S/C20H25N3O6S/c1-4-7-29-15-6-5-12(8-16(15)28-2)13(10-19(25)26)22-20(27)14-9-18(24)23-17(21-14)11-30-3/h5-6,8-9,13H,4,7,10-11H2,1-3H3,(H,22,27)(H,25,26)(H,21,23,24). The SMILES string of the molecule is CCCOc1ccc(C(CC(=O)O)NC(=O)c2cc(=O)[nH]c(CSC)n2)cc1OC. The molecule has 0 bridgehead atoms. The zero-order valence-corrected chi connectivity index (χ0v) is 17.9. The first-order valence-electron chi connectivity index (χ1n) is 9.30. The number of methoxy groups -OCH3 is 1. The summed E-state index contributed by atoms with van der Waals surface area (Å²) >= 11 is 1.45. The quantitative estimate of drug-likeness (QED) is 0.490. The average molecular weight is 436 g/mol. The Labute approximate surface area is 178 Å². The average Bonchev–Trinajstić information content (AvgIpc) is 2.71. The lowest BCUT2D eigenvalue weighted by molar-refractivity contribution is -0.137. The Morgan fingerprint density at radius 1 is 1.30 bits per heavy atom. The van der Waals surface area contributed by atoms with Crippen LogP contribution in [0.25, 0.3) is 0 Å². The molecule has 1 aromatic heterocycles. The smallest absolute Gasteiger partial charge is 0.305 e. The highest BCUT2D eigenvalue weighted by Crippen LogP contribution is 2.31. The number of carbonyl (C=O) groups is 2. The largest absolute Gasteiger partial charge is 0.493 e. The summed E-state index contributed by atoms with van der Waals surface area (Å²) in [6.45, 7) is 2.49. The number of aromatic amines is 1. The van der Waals surface area contributed by atoms with E-state index in [1.165, 1.54) is 18.9 Å². The number of aromatic nitrogens is 2. The summed E-state index contributed by atoms with van der Waals surface area (Å²) in [6, 6.07) is 5.20. The lowest BCUT2D eigenvalue weighted by atomic mass is 10.0. The van der Waals surface area contributed by atoms with Gasteiger partial charge < -0.3 is 24.9 Å². The minimum Gasteiger partial charge on any atom is -0.493 e. The van der Waals surface area contributed by atoms with Gasteiger partial charge in [0.1, 0.15) is 11.5 Å². The fourth-order valence-electron chi connectivity index (χ4n) is 2.72. The van der Waals surface area contributed by atoms with Crippen LogP contribution in [0.3, 0.4) is 0 Å². The topological polar surface area (TPSA) is 131 Å². The molecule has 30 heavy (non-hydrogen) atoms. The van der Waals surface area contributed by atoms with E-state index in [0.29, 0.717) is 35.2 Å². The fraction of sp³-hybridized carbons (Fsp3) is 0.400. The van der Waals surface area contributed by atoms with Crippen LogP contribution in [0.15, 0.2) is 29.1 Å². The van der Waals surface area contributed by atoms with Crippen molar-refractivity contribution in [1.82, 2.24) is 15.3 Å². The molecule has 0 spiro atoms. The summed E-state index contributed by atoms with van der Waals surface area (Å²) in [7, 11) is 1.48. The van der Waals surface area contributed by atoms with Crippen molar-refractivity contribution in [1.29, 1.82) is 0 Å². The van der Waals surface area contributed by atoms with E-state index in [-0.39, 0.29) is 12.1 Å². The summed E-state index contributed by atoms with van der Waals surface area (Å²) in [5.41, 5.74) is 0.00163. The molecule has 1 atom stereocenters. The number of hydrogen-bond donors (Lipinski definition) is 3. The van der Waals surface area contributed by atoms with Crippen LogP contribution in [-0.4, -0.2) is 46.9 Å². The Morgan fingerprint density at radius 3 is 2.70 bits per heavy atom. The van der Waals surface area contributed by atoms with Gasteiger partial charge in [-0.3, -0.25) is 14.4 Å². The number of benzene rings is 1. The Balaban J connectivity index is 2.31. The van der Waals surface area contributed by atoms with Gasteiger partial charge in [0.05, 0.1) is 31.9 Å². The van der Waals surface area contributed by atoms with E-state index in [1.807, 2.05) is 13.2 Å². The molecule has 1 aromatic carbocycles. The first-order chi connectivity index (χ1) is 14.4. The van der Waals surface area contributed by atoms with Crippen LogP contribution in [0.2, 0.25) is 0 Å². The highest BCUT2D eigenvalue weighted by atomic mass is 32.2. The second kappa shape index (κ2) is 11.2. The lowest BCUT2D eigenvalue weighted by Crippen LogP contribution is -2.32. The van der Waals surface area contributed by atoms with Gasteiger partial charge in [-0.05, 0) is 30.4 Å². The number of nitrogens with zero attached hydrogens (tertiary/aromatic N) is 1. The number of thioether (sulfide) groups is 1. The fourth-order valence-corrected chi connectivity index (χ4v) is 3.13. The van der Waals surface area contributed by atoms with Gasteiger partial charge in [0.15, 0.2) is 11.5 Å². The molecule has 9 nitrogen and oxygen atoms in total. The van der Waals surface area contributed by atoms with E-state index in [2.05, 4.69) is 15.3 Å². The number of H-pyrrole nitrogens is 1. The van der Waals surface area contributed by atoms with Gasteiger partial charge in [-0.2, -0.15) is 11.8 Å². The summed E-state index contributed by atoms with van der Waals surface area (Å²) in [5, 5.41) is 12.0. The Kier molecular flexibility index (Phi) is 8.72. The first kappa shape index (κ1) is 23.3. The van der Waals surface area contributed by atoms with Gasteiger partial charge in [0.25, 0.3) is 11.5 Å². The molecule has 1 amide bonds. The second-order valence-electron chi connectivity index (χ2n) is 6.39. The maximum Gasteiger partial charge on any atom is 0.305 e. The maximum absolute atomic E-state index is 12.7. The molecule has 2 aromatic rings. The molecule has 0 aliphatic carbocycles. The summed E-state index contributed by atoms with van der Waals surface area (Å²) in [4.78, 5) is 42.6. The lowest BCUT2D eigenvalue weighted by Gasteiger charge is -2.19. The number of nitrogens with one attached hydrogen (secondary N) is 2. The number of carboxylic acid groups (broad SMARTS) is 1. The molecular formula is C20H25N3O6S. The van der Waals surface area contributed by atoms with Crippen molar-refractivity contribution in [2.24, 2.45) is 0 Å². The van der Waals surface area contributed by atoms with E-state index in [1.54, 1.807) is 18.2 Å². The minimum absolute atomic E-state index is 0.0759. The predicted molar refractivity (Wildman–Crippen MR) is 113 cm³/mol. The Morgan fingerprint density at radius 2 is 2.07 bits per heavy atom. The van der Waals surface area contributed by atoms with Crippen molar-refractivity contribution in [2.45, 2.75) is 31.6 Å². The van der Waals surface area contributed by atoms with Crippen molar-refractivity contribution < 1.29 is 24.2 Å². The molecular weight excluding hydrogens is 410 g/mol. The molecule has 0 radical (unpaired) electrons. The molecule has 0 saturated carbocycles. The minimum atomic E-state index is -1.09. The third-order valence-corrected chi connectivity index (χ3v) is 4.60. The normalized spacial score (nSPS) is 11.6. The monoisotopic (exact) mass is 435 g/mol. The zero-order valence-electron chi connectivity index (χ0n) is 17.1. The van der Waals surface area contributed by atoms with Gasteiger partial charge in [0, 0.05) is 6.07 Å². The van der Waals surface area contributed by atoms with E-state index in [0.717, 1.165) is 12.5 Å². The van der Waals surface area contributed by atoms with Crippen LogP contribution in [0.4, 0.5) is 0 Å². The van der Waals surface area contributed by atoms with Crippen molar-refractivity contribution in [3.8, 4) is 11.5 Å². The second-order valence-corrected chi connectivity index (χ2v) is 7.26. The summed E-state index contributed by atoms with van der Waals surface area (Å²) in [5.74, 6) is 0.0378. The first-order valence-corrected chi connectivity index (χ1v) is 10.7. The molecule has 10 heteroatoms. The van der Waals surface area contributed by atoms with Crippen LogP contribution >= 0.6 is 11.8 Å². The molecule has 0 aliphatic rings. The van der Waals surface area contributed by atoms with Crippen molar-refractivity contribution in [3.63, 3.8) is 0 Å². The predicted octanol–water partition coefficient (Wildman–Crippen LogP) is 2.38. The van der Waals surface area contributed by atoms with Gasteiger partial charge in [-0.1, -0.05) is 13.0 Å². The molecule has 1 heterocycles. The highest BCUT2D eigenvalue weighted by molar-refractivity contribution is 7.97. The Hall–Kier alpha value is -3.01. The van der Waals surface area contributed by atoms with Gasteiger partial charge >= 0.3 is 5.97 Å². The summed E-state index contributed by atoms with van der Waals surface area (Å²) < 4.78 is 11.0. The summed E-state index contributed by atoms with van der Waals surface area (Å²) in [6.07, 6.45) is 2.31. The molecule has 162 valence electrons. The van der Waals surface area contributed by atoms with Gasteiger partial charge in [0.2, 0.25) is 0 Å². The molecule has 1 unspecified atom stereocenters. The van der Waals surface area contributed by atoms with E-state index in [9.17, 15) is 19.5 Å². The van der Waals surface area contributed by atoms with Crippen LogP contribution in [0, 0.1) is 0 Å². The molecule has 0 fully saturated rings. The zero-order chi connectivity index (χ0) is 22.1. The van der Waals surface area contributed by atoms with E-state index >= 15 is 0 Å².